The molecule has 3 aromatic rings. The molecule has 0 saturated carbocycles. The minimum atomic E-state index is -0.570. The number of anilines is 1. The van der Waals surface area contributed by atoms with Crippen LogP contribution in [-0.2, 0) is 14.3 Å². The van der Waals surface area contributed by atoms with Crippen molar-refractivity contribution in [3.05, 3.63) is 72.9 Å². The molecular formula is C31H35N3O5. The first-order valence-corrected chi connectivity index (χ1v) is 13.5. The molecular weight excluding hydrogens is 494 g/mol. The van der Waals surface area contributed by atoms with Gasteiger partial charge in [0.1, 0.15) is 24.0 Å². The van der Waals surface area contributed by atoms with E-state index in [-0.39, 0.29) is 12.5 Å². The second-order valence-electron chi connectivity index (χ2n) is 10.1. The van der Waals surface area contributed by atoms with E-state index < -0.39 is 18.0 Å². The molecule has 1 aromatic heterocycles. The third-order valence-electron chi connectivity index (χ3n) is 7.80. The lowest BCUT2D eigenvalue weighted by molar-refractivity contribution is -0.158. The van der Waals surface area contributed by atoms with E-state index in [0.717, 1.165) is 48.1 Å². The summed E-state index contributed by atoms with van der Waals surface area (Å²) in [5.41, 5.74) is 2.25. The Balaban J connectivity index is 1.38. The summed E-state index contributed by atoms with van der Waals surface area (Å²) in [6.07, 6.45) is 4.84. The van der Waals surface area contributed by atoms with Gasteiger partial charge < -0.3 is 19.5 Å². The lowest BCUT2D eigenvalue weighted by Gasteiger charge is -2.51. The molecule has 2 aromatic carbocycles. The van der Waals surface area contributed by atoms with Gasteiger partial charge in [-0.1, -0.05) is 6.08 Å². The number of carbonyl (C=O) groups is 2. The largest absolute Gasteiger partial charge is 0.497 e. The number of methoxy groups -OCH3 is 1. The zero-order chi connectivity index (χ0) is 27.4. The van der Waals surface area contributed by atoms with Crippen LogP contribution in [0.15, 0.2) is 67.4 Å². The molecule has 0 radical (unpaired) electrons. The molecule has 39 heavy (non-hydrogen) atoms. The minimum Gasteiger partial charge on any atom is -0.497 e. The highest BCUT2D eigenvalue weighted by Gasteiger charge is 2.44. The van der Waals surface area contributed by atoms with Crippen molar-refractivity contribution in [1.82, 2.24) is 9.88 Å². The molecule has 1 N–H and O–H groups in total. The average Bonchev–Trinajstić information content (AvgIpc) is 2.96. The van der Waals surface area contributed by atoms with Gasteiger partial charge in [0.25, 0.3) is 0 Å². The molecule has 0 spiro atoms. The van der Waals surface area contributed by atoms with Crippen molar-refractivity contribution in [3.63, 3.8) is 0 Å². The van der Waals surface area contributed by atoms with Crippen LogP contribution in [0.4, 0.5) is 5.69 Å². The Morgan fingerprint density at radius 1 is 1.18 bits per heavy atom. The quantitative estimate of drug-likeness (QED) is 0.221. The van der Waals surface area contributed by atoms with E-state index in [2.05, 4.69) is 21.8 Å². The van der Waals surface area contributed by atoms with E-state index in [0.29, 0.717) is 29.9 Å². The predicted molar refractivity (Wildman–Crippen MR) is 150 cm³/mol. The number of nitrogens with one attached hydrogen (secondary N) is 1. The summed E-state index contributed by atoms with van der Waals surface area (Å²) in [6.45, 7) is 8.34. The topological polar surface area (TPSA) is 90.0 Å². The van der Waals surface area contributed by atoms with Gasteiger partial charge in [-0.05, 0) is 86.7 Å². The molecule has 5 atom stereocenters. The van der Waals surface area contributed by atoms with Crippen molar-refractivity contribution in [1.29, 1.82) is 0 Å². The molecule has 8 heteroatoms. The van der Waals surface area contributed by atoms with Gasteiger partial charge in [0.2, 0.25) is 5.91 Å². The number of aromatic nitrogens is 1. The lowest BCUT2D eigenvalue weighted by atomic mass is 9.73. The fraction of sp³-hybridized carbons (Fsp3) is 0.387. The number of ether oxygens (including phenoxy) is 3. The first-order chi connectivity index (χ1) is 19.0. The van der Waals surface area contributed by atoms with E-state index >= 15 is 0 Å². The molecule has 3 fully saturated rings. The second kappa shape index (κ2) is 11.9. The SMILES string of the molecule is C=C[C@H]1CN2CCC1C[C@H]2[C@H](OC(=O)CC(=O)Nc1ccc(OCC)cc1)c1ccnc2ccc(OC)cc12. The van der Waals surface area contributed by atoms with Crippen LogP contribution in [0, 0.1) is 11.8 Å². The first kappa shape index (κ1) is 26.7. The lowest BCUT2D eigenvalue weighted by Crippen LogP contribution is -2.55. The molecule has 204 valence electrons. The van der Waals surface area contributed by atoms with Crippen molar-refractivity contribution in [3.8, 4) is 11.5 Å². The highest BCUT2D eigenvalue weighted by atomic mass is 16.5. The van der Waals surface area contributed by atoms with Gasteiger partial charge in [0, 0.05) is 29.4 Å². The van der Waals surface area contributed by atoms with Gasteiger partial charge in [0.15, 0.2) is 0 Å². The van der Waals surface area contributed by atoms with Crippen molar-refractivity contribution in [2.45, 2.75) is 38.3 Å². The van der Waals surface area contributed by atoms with Gasteiger partial charge >= 0.3 is 5.97 Å². The number of nitrogens with zero attached hydrogens (tertiary/aromatic N) is 2. The van der Waals surface area contributed by atoms with Gasteiger partial charge in [-0.25, -0.2) is 0 Å². The highest BCUT2D eigenvalue weighted by molar-refractivity contribution is 6.02. The molecule has 2 bridgehead atoms. The number of benzene rings is 2. The number of pyridine rings is 1. The van der Waals surface area contributed by atoms with E-state index in [4.69, 9.17) is 14.2 Å². The van der Waals surface area contributed by atoms with Crippen LogP contribution in [0.25, 0.3) is 10.9 Å². The van der Waals surface area contributed by atoms with Crippen LogP contribution in [-0.4, -0.2) is 54.6 Å². The molecule has 0 aliphatic carbocycles. The average molecular weight is 530 g/mol. The van der Waals surface area contributed by atoms with Crippen molar-refractivity contribution >= 4 is 28.5 Å². The summed E-state index contributed by atoms with van der Waals surface area (Å²) in [5, 5.41) is 3.65. The van der Waals surface area contributed by atoms with Gasteiger partial charge in [-0.3, -0.25) is 19.5 Å². The Hall–Kier alpha value is -3.91. The molecule has 3 aliphatic rings. The summed E-state index contributed by atoms with van der Waals surface area (Å²) in [6, 6.07) is 14.7. The van der Waals surface area contributed by atoms with Crippen molar-refractivity contribution < 1.29 is 23.8 Å². The van der Waals surface area contributed by atoms with Crippen LogP contribution >= 0.6 is 0 Å². The molecule has 6 rings (SSSR count). The fourth-order valence-corrected chi connectivity index (χ4v) is 5.88. The van der Waals surface area contributed by atoms with Gasteiger partial charge in [-0.2, -0.15) is 0 Å². The van der Waals surface area contributed by atoms with Gasteiger partial charge in [0.05, 0.1) is 25.3 Å². The Kier molecular flexibility index (Phi) is 8.12. The summed E-state index contributed by atoms with van der Waals surface area (Å²) in [7, 11) is 1.62. The van der Waals surface area contributed by atoms with E-state index in [9.17, 15) is 9.59 Å². The third-order valence-corrected chi connectivity index (χ3v) is 7.80. The Labute approximate surface area is 229 Å². The van der Waals surface area contributed by atoms with Crippen LogP contribution in [0.2, 0.25) is 0 Å². The predicted octanol–water partition coefficient (Wildman–Crippen LogP) is 5.15. The zero-order valence-corrected chi connectivity index (χ0v) is 22.5. The maximum Gasteiger partial charge on any atom is 0.316 e. The summed E-state index contributed by atoms with van der Waals surface area (Å²) >= 11 is 0. The monoisotopic (exact) mass is 529 g/mol. The number of esters is 1. The smallest absolute Gasteiger partial charge is 0.316 e. The normalized spacial score (nSPS) is 22.6. The Morgan fingerprint density at radius 3 is 2.67 bits per heavy atom. The number of rotatable bonds is 10. The Morgan fingerprint density at radius 2 is 1.97 bits per heavy atom. The van der Waals surface area contributed by atoms with E-state index in [1.54, 1.807) is 37.6 Å². The number of carbonyl (C=O) groups excluding carboxylic acids is 2. The number of amides is 1. The third kappa shape index (κ3) is 5.91. The molecule has 1 amide bonds. The molecule has 2 unspecified atom stereocenters. The fourth-order valence-electron chi connectivity index (χ4n) is 5.88. The van der Waals surface area contributed by atoms with E-state index in [1.807, 2.05) is 37.3 Å². The standard InChI is InChI=1S/C31H35N3O5/c1-4-20-19-34-15-13-21(20)16-28(34)31(25-12-14-32-27-11-10-24(37-3)17-26(25)27)39-30(36)18-29(35)33-22-6-8-23(9-7-22)38-5-2/h4,6-12,14,17,20-21,28,31H,1,5,13,15-16,18-19H2,2-3H3,(H,33,35)/t20-,21?,28-,31+/m0/s1. The Bertz CT molecular complexity index is 1340. The second-order valence-corrected chi connectivity index (χ2v) is 10.1. The minimum absolute atomic E-state index is 0.00475. The number of fused-ring (bicyclic) bond motifs is 4. The molecule has 3 aliphatic heterocycles. The van der Waals surface area contributed by atoms with Crippen LogP contribution in [0.3, 0.4) is 0 Å². The molecule has 4 heterocycles. The zero-order valence-electron chi connectivity index (χ0n) is 22.5. The molecule has 3 saturated heterocycles. The van der Waals surface area contributed by atoms with Crippen molar-refractivity contribution in [2.24, 2.45) is 11.8 Å². The van der Waals surface area contributed by atoms with Crippen LogP contribution in [0.5, 0.6) is 11.5 Å². The van der Waals surface area contributed by atoms with Gasteiger partial charge in [-0.15, -0.1) is 6.58 Å². The van der Waals surface area contributed by atoms with Crippen molar-refractivity contribution in [2.75, 3.05) is 32.1 Å². The summed E-state index contributed by atoms with van der Waals surface area (Å²) < 4.78 is 17.1. The number of piperidine rings is 3. The molecule has 8 nitrogen and oxygen atoms in total. The summed E-state index contributed by atoms with van der Waals surface area (Å²) in [5.74, 6) is 1.34. The summed E-state index contributed by atoms with van der Waals surface area (Å²) in [4.78, 5) is 32.9. The maximum absolute atomic E-state index is 13.2. The number of hydrogen-bond donors (Lipinski definition) is 1. The van der Waals surface area contributed by atoms with Crippen LogP contribution in [0.1, 0.15) is 37.9 Å². The number of hydrogen-bond acceptors (Lipinski definition) is 7. The van der Waals surface area contributed by atoms with E-state index in [1.165, 1.54) is 0 Å². The van der Waals surface area contributed by atoms with Crippen LogP contribution < -0.4 is 14.8 Å². The first-order valence-electron chi connectivity index (χ1n) is 13.5. The highest BCUT2D eigenvalue weighted by Crippen LogP contribution is 2.43. The maximum atomic E-state index is 13.2.